The predicted octanol–water partition coefficient (Wildman–Crippen LogP) is 1.84. The first kappa shape index (κ1) is 29.9. The van der Waals surface area contributed by atoms with Crippen LogP contribution in [0, 0.1) is 0 Å². The molecule has 1 amide bonds. The molecule has 16 heteroatoms. The molecule has 0 unspecified atom stereocenters. The van der Waals surface area contributed by atoms with Crippen molar-refractivity contribution in [2.45, 2.75) is 45.0 Å². The fourth-order valence-electron chi connectivity index (χ4n) is 1.36. The number of aliphatic carboxylic acids is 2. The number of carbonyl (C=O) groups excluding carboxylic acids is 1. The molecule has 1 heterocycles. The molecule has 178 valence electrons. The molecular weight excluding hydrogens is 444 g/mol. The van der Waals surface area contributed by atoms with Crippen molar-refractivity contribution < 1.29 is 50.9 Å². The van der Waals surface area contributed by atoms with Crippen LogP contribution in [0.4, 0.5) is 26.3 Å². The van der Waals surface area contributed by atoms with Gasteiger partial charge >= 0.3 is 24.3 Å². The van der Waals surface area contributed by atoms with Crippen molar-refractivity contribution in [2.24, 2.45) is 10.7 Å². The van der Waals surface area contributed by atoms with Crippen LogP contribution in [0.5, 0.6) is 0 Å². The van der Waals surface area contributed by atoms with Gasteiger partial charge in [0.2, 0.25) is 5.91 Å². The molecule has 0 saturated carbocycles. The normalized spacial score (nSPS) is 11.4. The van der Waals surface area contributed by atoms with Crippen LogP contribution in [0.3, 0.4) is 0 Å². The Balaban J connectivity index is 0. The third kappa shape index (κ3) is 18.4. The van der Waals surface area contributed by atoms with Crippen molar-refractivity contribution in [2.75, 3.05) is 6.54 Å². The summed E-state index contributed by atoms with van der Waals surface area (Å²) in [5, 5.41) is 16.8. The molecule has 0 aliphatic rings. The van der Waals surface area contributed by atoms with E-state index in [1.807, 2.05) is 6.92 Å². The third-order valence-corrected chi connectivity index (χ3v) is 2.67. The zero-order valence-electron chi connectivity index (χ0n) is 16.0. The van der Waals surface area contributed by atoms with E-state index in [2.05, 4.69) is 20.3 Å². The Morgan fingerprint density at radius 3 is 1.97 bits per heavy atom. The Morgan fingerprint density at radius 2 is 1.61 bits per heavy atom. The summed E-state index contributed by atoms with van der Waals surface area (Å²) in [6, 6.07) is 0. The number of imidazole rings is 1. The van der Waals surface area contributed by atoms with Gasteiger partial charge in [-0.15, -0.1) is 0 Å². The number of aliphatic imine (C=N–C) groups is 1. The van der Waals surface area contributed by atoms with Gasteiger partial charge in [0.05, 0.1) is 6.33 Å². The van der Waals surface area contributed by atoms with Crippen molar-refractivity contribution in [3.05, 3.63) is 18.2 Å². The van der Waals surface area contributed by atoms with E-state index in [-0.39, 0.29) is 11.9 Å². The third-order valence-electron chi connectivity index (χ3n) is 2.67. The number of H-pyrrole nitrogens is 1. The molecule has 0 bridgehead atoms. The van der Waals surface area contributed by atoms with Gasteiger partial charge in [-0.1, -0.05) is 6.92 Å². The molecule has 0 aliphatic carbocycles. The summed E-state index contributed by atoms with van der Waals surface area (Å²) in [5.41, 5.74) is 6.64. The van der Waals surface area contributed by atoms with E-state index in [9.17, 15) is 31.1 Å². The second-order valence-electron chi connectivity index (χ2n) is 5.35. The van der Waals surface area contributed by atoms with E-state index in [0.29, 0.717) is 13.0 Å². The predicted molar refractivity (Wildman–Crippen MR) is 93.8 cm³/mol. The first-order valence-corrected chi connectivity index (χ1v) is 8.28. The van der Waals surface area contributed by atoms with Crippen LogP contribution in [0.25, 0.3) is 0 Å². The second kappa shape index (κ2) is 14.6. The monoisotopic (exact) mass is 465 g/mol. The molecule has 1 aromatic heterocycles. The summed E-state index contributed by atoms with van der Waals surface area (Å²) in [5.74, 6) is -5.39. The number of rotatable bonds is 6. The highest BCUT2D eigenvalue weighted by molar-refractivity contribution is 5.96. The number of carboxylic acid groups (broad SMARTS) is 2. The number of hydrogen-bond acceptors (Lipinski definition) is 5. The van der Waals surface area contributed by atoms with Crippen LogP contribution in [0.2, 0.25) is 0 Å². The number of halogens is 6. The molecular formula is C15H21F6N5O5. The van der Waals surface area contributed by atoms with E-state index in [0.717, 1.165) is 25.0 Å². The minimum Gasteiger partial charge on any atom is -0.475 e. The number of aromatic amines is 1. The van der Waals surface area contributed by atoms with Crippen LogP contribution in [-0.4, -0.2) is 62.9 Å². The highest BCUT2D eigenvalue weighted by Gasteiger charge is 2.38. The average molecular weight is 465 g/mol. The Labute approximate surface area is 171 Å². The molecule has 0 aromatic carbocycles. The second-order valence-corrected chi connectivity index (χ2v) is 5.35. The van der Waals surface area contributed by atoms with E-state index in [1.54, 1.807) is 12.5 Å². The molecule has 1 aromatic rings. The fraction of sp³-hybridized carbons (Fsp3) is 0.533. The maximum Gasteiger partial charge on any atom is 0.490 e. The summed E-state index contributed by atoms with van der Waals surface area (Å²) >= 11 is 0. The van der Waals surface area contributed by atoms with Crippen molar-refractivity contribution in [3.8, 4) is 0 Å². The van der Waals surface area contributed by atoms with Crippen molar-refractivity contribution in [1.29, 1.82) is 0 Å². The Hall–Kier alpha value is -3.33. The smallest absolute Gasteiger partial charge is 0.475 e. The van der Waals surface area contributed by atoms with Crippen LogP contribution in [0.15, 0.2) is 17.5 Å². The van der Waals surface area contributed by atoms with Gasteiger partial charge < -0.3 is 20.9 Å². The maximum absolute atomic E-state index is 11.2. The average Bonchev–Trinajstić information content (AvgIpc) is 3.11. The quantitative estimate of drug-likeness (QED) is 0.185. The molecule has 0 saturated heterocycles. The van der Waals surface area contributed by atoms with E-state index < -0.39 is 24.3 Å². The minimum absolute atomic E-state index is 0.0812. The number of amides is 1. The van der Waals surface area contributed by atoms with Crippen molar-refractivity contribution in [3.63, 3.8) is 0 Å². The number of nitrogens with two attached hydrogens (primary N) is 1. The lowest BCUT2D eigenvalue weighted by Crippen LogP contribution is -2.36. The summed E-state index contributed by atoms with van der Waals surface area (Å²) in [6.45, 7) is 2.54. The van der Waals surface area contributed by atoms with E-state index in [4.69, 9.17) is 25.5 Å². The topological polar surface area (TPSA) is 171 Å². The summed E-state index contributed by atoms with van der Waals surface area (Å²) in [7, 11) is 0. The van der Waals surface area contributed by atoms with Gasteiger partial charge in [-0.05, 0) is 19.3 Å². The van der Waals surface area contributed by atoms with Crippen LogP contribution < -0.4 is 11.1 Å². The first-order valence-electron chi connectivity index (χ1n) is 8.28. The summed E-state index contributed by atoms with van der Waals surface area (Å²) in [4.78, 5) is 40.0. The van der Waals surface area contributed by atoms with Crippen LogP contribution >= 0.6 is 0 Å². The number of carbonyl (C=O) groups is 3. The van der Waals surface area contributed by atoms with Gasteiger partial charge in [0.1, 0.15) is 0 Å². The SMILES string of the molecule is CCCC(=O)NC(N)=NCCCc1cnc[nH]1.O=C(O)C(F)(F)F.O=C(O)C(F)(F)F. The number of aromatic nitrogens is 2. The zero-order valence-corrected chi connectivity index (χ0v) is 16.0. The van der Waals surface area contributed by atoms with E-state index in [1.165, 1.54) is 0 Å². The zero-order chi connectivity index (χ0) is 24.7. The lowest BCUT2D eigenvalue weighted by molar-refractivity contribution is -0.193. The molecule has 10 nitrogen and oxygen atoms in total. The fourth-order valence-corrected chi connectivity index (χ4v) is 1.36. The standard InChI is InChI=1S/C11H19N5O.2C2HF3O2/c1-2-4-10(17)16-11(12)14-6-3-5-9-7-13-8-15-9;2*3-2(4,5)1(6)7/h7-8H,2-6H2,1H3,(H,13,15)(H3,12,14,16,17);2*(H,6,7). The van der Waals surface area contributed by atoms with Gasteiger partial charge in [-0.25, -0.2) is 14.6 Å². The molecule has 6 N–H and O–H groups in total. The molecule has 0 spiro atoms. The highest BCUT2D eigenvalue weighted by Crippen LogP contribution is 2.13. The van der Waals surface area contributed by atoms with Crippen molar-refractivity contribution in [1.82, 2.24) is 15.3 Å². The van der Waals surface area contributed by atoms with Crippen LogP contribution in [0.1, 0.15) is 31.9 Å². The number of carboxylic acids is 2. The molecule has 0 aliphatic heterocycles. The first-order chi connectivity index (χ1) is 14.1. The number of guanidine groups is 1. The largest absolute Gasteiger partial charge is 0.490 e. The van der Waals surface area contributed by atoms with Gasteiger partial charge in [-0.3, -0.25) is 15.1 Å². The number of hydrogen-bond donors (Lipinski definition) is 5. The highest BCUT2D eigenvalue weighted by atomic mass is 19.4. The van der Waals surface area contributed by atoms with Gasteiger partial charge in [-0.2, -0.15) is 26.3 Å². The lowest BCUT2D eigenvalue weighted by Gasteiger charge is -2.02. The maximum atomic E-state index is 11.2. The Kier molecular flexibility index (Phi) is 14.1. The lowest BCUT2D eigenvalue weighted by atomic mass is 10.2. The molecule has 0 radical (unpaired) electrons. The Bertz CT molecular complexity index is 680. The van der Waals surface area contributed by atoms with E-state index >= 15 is 0 Å². The van der Waals surface area contributed by atoms with Crippen molar-refractivity contribution >= 4 is 23.8 Å². The number of alkyl halides is 6. The Morgan fingerprint density at radius 1 is 1.13 bits per heavy atom. The molecule has 0 atom stereocenters. The van der Waals surface area contributed by atoms with Gasteiger partial charge in [0.25, 0.3) is 0 Å². The van der Waals surface area contributed by atoms with Crippen LogP contribution in [-0.2, 0) is 20.8 Å². The molecule has 1 rings (SSSR count). The summed E-state index contributed by atoms with van der Waals surface area (Å²) in [6.07, 6.45) is -3.70. The number of nitrogens with zero attached hydrogens (tertiary/aromatic N) is 2. The minimum atomic E-state index is -5.08. The molecule has 31 heavy (non-hydrogen) atoms. The summed E-state index contributed by atoms with van der Waals surface area (Å²) < 4.78 is 63.5. The van der Waals surface area contributed by atoms with Gasteiger partial charge in [0.15, 0.2) is 5.96 Å². The number of nitrogens with one attached hydrogen (secondary N) is 2. The van der Waals surface area contributed by atoms with Gasteiger partial charge in [0, 0.05) is 24.9 Å². The molecule has 0 fully saturated rings. The number of aryl methyl sites for hydroxylation is 1.